The fourth-order valence-corrected chi connectivity index (χ4v) is 6.73. The molecule has 0 aliphatic heterocycles. The number of allylic oxidation sites excluding steroid dienone is 2. The molecule has 3 N–H and O–H groups in total. The largest absolute Gasteiger partial charge is 0.472 e. The van der Waals surface area contributed by atoms with Crippen molar-refractivity contribution in [2.75, 3.05) is 26.4 Å². The van der Waals surface area contributed by atoms with E-state index in [1.54, 1.807) is 0 Å². The molecule has 0 aliphatic carbocycles. The van der Waals surface area contributed by atoms with E-state index in [-0.39, 0.29) is 38.6 Å². The average molecular weight is 746 g/mol. The lowest BCUT2D eigenvalue weighted by Gasteiger charge is -2.19. The van der Waals surface area contributed by atoms with Gasteiger partial charge < -0.3 is 20.1 Å². The Labute approximate surface area is 313 Å². The van der Waals surface area contributed by atoms with Crippen LogP contribution in [0.2, 0.25) is 0 Å². The maximum absolute atomic E-state index is 12.6. The van der Waals surface area contributed by atoms with Crippen LogP contribution in [0.4, 0.5) is 0 Å². The maximum Gasteiger partial charge on any atom is 0.472 e. The molecule has 0 fully saturated rings. The van der Waals surface area contributed by atoms with Crippen molar-refractivity contribution in [1.82, 2.24) is 0 Å². The number of rotatable bonds is 40. The predicted molar refractivity (Wildman–Crippen MR) is 211 cm³/mol. The van der Waals surface area contributed by atoms with Gasteiger partial charge >= 0.3 is 19.8 Å². The Kier molecular flexibility index (Phi) is 37.5. The molecule has 0 bridgehead atoms. The molecule has 2 atom stereocenters. The Balaban J connectivity index is 4.09. The Morgan fingerprint density at radius 3 is 1.45 bits per heavy atom. The van der Waals surface area contributed by atoms with E-state index in [2.05, 4.69) is 26.0 Å². The lowest BCUT2D eigenvalue weighted by atomic mass is 10.0. The van der Waals surface area contributed by atoms with Gasteiger partial charge in [0.05, 0.1) is 13.2 Å². The summed E-state index contributed by atoms with van der Waals surface area (Å²) in [5, 5.41) is 0. The summed E-state index contributed by atoms with van der Waals surface area (Å²) in [6, 6.07) is 0. The molecule has 302 valence electrons. The average Bonchev–Trinajstić information content (AvgIpc) is 3.11. The SMILES string of the molecule is CCCC/C=C\CCCCCCCC(=O)OC[C@H](COP(=O)(O)OCCN)OC(=O)CCCCCCCCCCCCCCCCCCCCC. The lowest BCUT2D eigenvalue weighted by Crippen LogP contribution is -2.29. The number of unbranched alkanes of at least 4 members (excludes halogenated alkanes) is 25. The van der Waals surface area contributed by atoms with Gasteiger partial charge in [-0.3, -0.25) is 18.6 Å². The van der Waals surface area contributed by atoms with E-state index in [1.165, 1.54) is 116 Å². The molecule has 0 radical (unpaired) electrons. The lowest BCUT2D eigenvalue weighted by molar-refractivity contribution is -0.161. The first kappa shape index (κ1) is 49.8. The second kappa shape index (κ2) is 38.5. The van der Waals surface area contributed by atoms with Gasteiger partial charge in [0.1, 0.15) is 6.61 Å². The van der Waals surface area contributed by atoms with Crippen LogP contribution < -0.4 is 5.73 Å². The molecule has 0 aliphatic rings. The van der Waals surface area contributed by atoms with Crippen molar-refractivity contribution in [1.29, 1.82) is 0 Å². The number of phosphoric acid groups is 1. The summed E-state index contributed by atoms with van der Waals surface area (Å²) in [7, 11) is -4.37. The first-order valence-corrected chi connectivity index (χ1v) is 22.7. The molecule has 0 amide bonds. The molecule has 0 rings (SSSR count). The molecule has 0 aromatic rings. The number of hydrogen-bond acceptors (Lipinski definition) is 8. The van der Waals surface area contributed by atoms with Crippen molar-refractivity contribution in [2.45, 2.75) is 213 Å². The zero-order valence-electron chi connectivity index (χ0n) is 33.1. The zero-order chi connectivity index (χ0) is 37.5. The van der Waals surface area contributed by atoms with Crippen molar-refractivity contribution < 1.29 is 37.6 Å². The van der Waals surface area contributed by atoms with Crippen LogP contribution in [0, 0.1) is 0 Å². The van der Waals surface area contributed by atoms with E-state index in [4.69, 9.17) is 24.3 Å². The minimum Gasteiger partial charge on any atom is -0.462 e. The molecule has 1 unspecified atom stereocenters. The van der Waals surface area contributed by atoms with Crippen LogP contribution in [0.15, 0.2) is 12.2 Å². The van der Waals surface area contributed by atoms with Crippen LogP contribution in [0.1, 0.15) is 206 Å². The summed E-state index contributed by atoms with van der Waals surface area (Å²) >= 11 is 0. The molecule has 0 spiro atoms. The summed E-state index contributed by atoms with van der Waals surface area (Å²) < 4.78 is 32.7. The van der Waals surface area contributed by atoms with Crippen molar-refractivity contribution >= 4 is 19.8 Å². The van der Waals surface area contributed by atoms with Crippen molar-refractivity contribution in [2.24, 2.45) is 5.73 Å². The smallest absolute Gasteiger partial charge is 0.462 e. The molecular weight excluding hydrogens is 665 g/mol. The molecule has 0 heterocycles. The third-order valence-electron chi connectivity index (χ3n) is 9.15. The van der Waals surface area contributed by atoms with Crippen LogP contribution >= 0.6 is 7.82 Å². The Morgan fingerprint density at radius 2 is 0.980 bits per heavy atom. The minimum absolute atomic E-state index is 0.0550. The van der Waals surface area contributed by atoms with Gasteiger partial charge in [-0.1, -0.05) is 174 Å². The van der Waals surface area contributed by atoms with E-state index < -0.39 is 26.5 Å². The minimum atomic E-state index is -4.37. The molecule has 9 nitrogen and oxygen atoms in total. The van der Waals surface area contributed by atoms with E-state index >= 15 is 0 Å². The topological polar surface area (TPSA) is 134 Å². The third kappa shape index (κ3) is 38.3. The summed E-state index contributed by atoms with van der Waals surface area (Å²) in [4.78, 5) is 34.8. The van der Waals surface area contributed by atoms with Gasteiger partial charge in [-0.05, 0) is 32.1 Å². The number of carbonyl (C=O) groups is 2. The maximum atomic E-state index is 12.6. The van der Waals surface area contributed by atoms with Crippen LogP contribution in [-0.4, -0.2) is 49.3 Å². The Morgan fingerprint density at radius 1 is 0.569 bits per heavy atom. The normalized spacial score (nSPS) is 13.4. The molecule has 51 heavy (non-hydrogen) atoms. The molecular formula is C41H80NO8P. The number of esters is 2. The van der Waals surface area contributed by atoms with Gasteiger partial charge in [0.2, 0.25) is 0 Å². The van der Waals surface area contributed by atoms with Crippen LogP contribution in [0.3, 0.4) is 0 Å². The zero-order valence-corrected chi connectivity index (χ0v) is 34.0. The molecule has 0 aromatic carbocycles. The fourth-order valence-electron chi connectivity index (χ4n) is 5.97. The monoisotopic (exact) mass is 746 g/mol. The molecule has 0 saturated heterocycles. The van der Waals surface area contributed by atoms with Gasteiger partial charge in [-0.15, -0.1) is 0 Å². The Bertz CT molecular complexity index is 856. The number of phosphoric ester groups is 1. The van der Waals surface area contributed by atoms with Crippen molar-refractivity contribution in [3.05, 3.63) is 12.2 Å². The fraction of sp³-hybridized carbons (Fsp3) is 0.902. The van der Waals surface area contributed by atoms with Gasteiger partial charge in [0, 0.05) is 19.4 Å². The van der Waals surface area contributed by atoms with Gasteiger partial charge in [0.25, 0.3) is 0 Å². The molecule has 10 heteroatoms. The summed E-state index contributed by atoms with van der Waals surface area (Å²) in [5.41, 5.74) is 5.34. The third-order valence-corrected chi connectivity index (χ3v) is 10.1. The number of nitrogens with two attached hydrogens (primary N) is 1. The van der Waals surface area contributed by atoms with E-state index in [0.29, 0.717) is 6.42 Å². The second-order valence-electron chi connectivity index (χ2n) is 14.2. The standard InChI is InChI=1S/C41H80NO8P/c1-3-5-7-9-11-13-15-16-17-18-19-20-21-22-24-26-28-30-32-34-41(44)50-39(38-49-51(45,46)48-36-35-42)37-47-40(43)33-31-29-27-25-23-14-12-10-8-6-4-2/h10,12,39H,3-9,11,13-38,42H2,1-2H3,(H,45,46)/b12-10-/t39-/m1/s1. The van der Waals surface area contributed by atoms with Crippen LogP contribution in [0.25, 0.3) is 0 Å². The number of carbonyl (C=O) groups excluding carboxylic acids is 2. The molecule has 0 saturated carbocycles. The van der Waals surface area contributed by atoms with E-state index in [9.17, 15) is 19.0 Å². The first-order chi connectivity index (χ1) is 24.8. The van der Waals surface area contributed by atoms with Crippen LogP contribution in [-0.2, 0) is 32.7 Å². The summed E-state index contributed by atoms with van der Waals surface area (Å²) in [6.45, 7) is 3.70. The Hall–Kier alpha value is -1.25. The number of hydrogen-bond donors (Lipinski definition) is 2. The second-order valence-corrected chi connectivity index (χ2v) is 15.7. The highest BCUT2D eigenvalue weighted by atomic mass is 31.2. The van der Waals surface area contributed by atoms with Crippen molar-refractivity contribution in [3.8, 4) is 0 Å². The summed E-state index contributed by atoms with van der Waals surface area (Å²) in [5.74, 6) is -0.831. The highest BCUT2D eigenvalue weighted by Crippen LogP contribution is 2.43. The number of ether oxygens (including phenoxy) is 2. The quantitative estimate of drug-likeness (QED) is 0.0272. The van der Waals surface area contributed by atoms with Gasteiger partial charge in [-0.2, -0.15) is 0 Å². The highest BCUT2D eigenvalue weighted by molar-refractivity contribution is 7.47. The predicted octanol–water partition coefficient (Wildman–Crippen LogP) is 11.8. The van der Waals surface area contributed by atoms with Crippen molar-refractivity contribution in [3.63, 3.8) is 0 Å². The van der Waals surface area contributed by atoms with Gasteiger partial charge in [0.15, 0.2) is 6.10 Å². The van der Waals surface area contributed by atoms with E-state index in [1.807, 2.05) is 0 Å². The highest BCUT2D eigenvalue weighted by Gasteiger charge is 2.26. The first-order valence-electron chi connectivity index (χ1n) is 21.2. The van der Waals surface area contributed by atoms with E-state index in [0.717, 1.165) is 57.8 Å². The molecule has 0 aromatic heterocycles. The van der Waals surface area contributed by atoms with Crippen LogP contribution in [0.5, 0.6) is 0 Å². The summed E-state index contributed by atoms with van der Waals surface area (Å²) in [6.07, 6.45) is 38.2. The van der Waals surface area contributed by atoms with Gasteiger partial charge in [-0.25, -0.2) is 4.57 Å².